The molecule has 1 atom stereocenters. The van der Waals surface area contributed by atoms with Crippen LogP contribution in [0.1, 0.15) is 23.9 Å². The van der Waals surface area contributed by atoms with E-state index in [0.29, 0.717) is 11.7 Å². The molecule has 26 heavy (non-hydrogen) atoms. The number of benzene rings is 2. The summed E-state index contributed by atoms with van der Waals surface area (Å²) in [4.78, 5) is 4.32. The van der Waals surface area contributed by atoms with E-state index >= 15 is 0 Å². The topological polar surface area (TPSA) is 69.6 Å². The van der Waals surface area contributed by atoms with Gasteiger partial charge in [0.1, 0.15) is 0 Å². The number of hydrogen-bond donors (Lipinski definition) is 0. The zero-order valence-electron chi connectivity index (χ0n) is 14.4. The molecule has 0 spiro atoms. The van der Waals surface area contributed by atoms with Crippen LogP contribution in [0, 0.1) is 6.92 Å². The Bertz CT molecular complexity index is 997. The third-order valence-corrected chi connectivity index (χ3v) is 4.88. The van der Waals surface area contributed by atoms with Crippen molar-refractivity contribution in [2.24, 2.45) is 0 Å². The van der Waals surface area contributed by atoms with Crippen molar-refractivity contribution in [2.75, 3.05) is 0 Å². The number of aromatic nitrogens is 5. The number of thioether (sulfide) groups is 1. The quantitative estimate of drug-likeness (QED) is 0.487. The van der Waals surface area contributed by atoms with E-state index in [1.165, 1.54) is 0 Å². The highest BCUT2D eigenvalue weighted by molar-refractivity contribution is 7.99. The maximum absolute atomic E-state index is 5.30. The lowest BCUT2D eigenvalue weighted by Crippen LogP contribution is -2.00. The lowest BCUT2D eigenvalue weighted by Gasteiger charge is -2.11. The minimum absolute atomic E-state index is 0.0357. The van der Waals surface area contributed by atoms with Gasteiger partial charge < -0.3 is 4.52 Å². The van der Waals surface area contributed by atoms with E-state index in [4.69, 9.17) is 4.52 Å². The molecule has 0 N–H and O–H groups in total. The fourth-order valence-corrected chi connectivity index (χ4v) is 3.52. The van der Waals surface area contributed by atoms with Gasteiger partial charge in [-0.05, 0) is 26.0 Å². The van der Waals surface area contributed by atoms with Gasteiger partial charge >= 0.3 is 0 Å². The number of aryl methyl sites for hydroxylation is 1. The first-order valence-corrected chi connectivity index (χ1v) is 9.13. The highest BCUT2D eigenvalue weighted by Gasteiger charge is 2.21. The van der Waals surface area contributed by atoms with E-state index in [1.54, 1.807) is 11.8 Å². The molecule has 0 fully saturated rings. The van der Waals surface area contributed by atoms with Crippen LogP contribution >= 0.6 is 11.8 Å². The van der Waals surface area contributed by atoms with Gasteiger partial charge in [-0.15, -0.1) is 10.2 Å². The smallest absolute Gasteiger partial charge is 0.239 e. The van der Waals surface area contributed by atoms with Crippen LogP contribution in [-0.4, -0.2) is 24.9 Å². The van der Waals surface area contributed by atoms with Gasteiger partial charge in [-0.2, -0.15) is 4.98 Å². The summed E-state index contributed by atoms with van der Waals surface area (Å²) in [5, 5.41) is 13.5. The first kappa shape index (κ1) is 16.5. The predicted molar refractivity (Wildman–Crippen MR) is 100 cm³/mol. The Morgan fingerprint density at radius 1 is 0.962 bits per heavy atom. The van der Waals surface area contributed by atoms with E-state index in [0.717, 1.165) is 22.2 Å². The van der Waals surface area contributed by atoms with Crippen LogP contribution in [0.5, 0.6) is 0 Å². The van der Waals surface area contributed by atoms with Crippen LogP contribution in [0.4, 0.5) is 0 Å². The van der Waals surface area contributed by atoms with Crippen molar-refractivity contribution in [3.63, 3.8) is 0 Å². The van der Waals surface area contributed by atoms with Crippen molar-refractivity contribution in [1.82, 2.24) is 24.9 Å². The molecule has 2 aromatic heterocycles. The molecular formula is C19H17N5OS. The van der Waals surface area contributed by atoms with Crippen molar-refractivity contribution < 1.29 is 4.52 Å². The van der Waals surface area contributed by atoms with Crippen molar-refractivity contribution in [2.45, 2.75) is 24.3 Å². The van der Waals surface area contributed by atoms with Gasteiger partial charge in [0.05, 0.1) is 5.25 Å². The number of para-hydroxylation sites is 1. The first-order chi connectivity index (χ1) is 12.7. The second-order valence-corrected chi connectivity index (χ2v) is 7.09. The molecule has 0 aliphatic rings. The fraction of sp³-hybridized carbons (Fsp3) is 0.158. The molecule has 0 bridgehead atoms. The first-order valence-electron chi connectivity index (χ1n) is 8.25. The maximum Gasteiger partial charge on any atom is 0.239 e. The molecule has 0 radical (unpaired) electrons. The maximum atomic E-state index is 5.30. The molecule has 0 aliphatic heterocycles. The van der Waals surface area contributed by atoms with Gasteiger partial charge in [0.15, 0.2) is 16.8 Å². The molecule has 4 rings (SSSR count). The molecular weight excluding hydrogens is 346 g/mol. The third-order valence-electron chi connectivity index (χ3n) is 3.85. The second kappa shape index (κ2) is 7.13. The number of hydrogen-bond acceptors (Lipinski definition) is 6. The van der Waals surface area contributed by atoms with E-state index in [2.05, 4.69) is 24.9 Å². The highest BCUT2D eigenvalue weighted by Crippen LogP contribution is 2.36. The molecule has 130 valence electrons. The van der Waals surface area contributed by atoms with Gasteiger partial charge in [-0.25, -0.2) is 0 Å². The minimum atomic E-state index is -0.0357. The van der Waals surface area contributed by atoms with Crippen molar-refractivity contribution in [1.29, 1.82) is 0 Å². The largest absolute Gasteiger partial charge is 0.338 e. The van der Waals surface area contributed by atoms with Gasteiger partial charge in [0.2, 0.25) is 5.89 Å². The summed E-state index contributed by atoms with van der Waals surface area (Å²) in [5.74, 6) is 2.01. The average Bonchev–Trinajstić information content (AvgIpc) is 3.29. The summed E-state index contributed by atoms with van der Waals surface area (Å²) in [6, 6.07) is 20.1. The molecule has 0 saturated heterocycles. The van der Waals surface area contributed by atoms with E-state index in [-0.39, 0.29) is 5.25 Å². The van der Waals surface area contributed by atoms with Crippen LogP contribution in [0.2, 0.25) is 0 Å². The van der Waals surface area contributed by atoms with E-state index in [1.807, 2.05) is 74.5 Å². The zero-order chi connectivity index (χ0) is 17.9. The molecule has 2 heterocycles. The summed E-state index contributed by atoms with van der Waals surface area (Å²) >= 11 is 1.54. The minimum Gasteiger partial charge on any atom is -0.338 e. The van der Waals surface area contributed by atoms with E-state index < -0.39 is 0 Å². The van der Waals surface area contributed by atoms with Gasteiger partial charge in [0.25, 0.3) is 0 Å². The summed E-state index contributed by atoms with van der Waals surface area (Å²) in [7, 11) is 0. The van der Waals surface area contributed by atoms with Crippen LogP contribution in [-0.2, 0) is 0 Å². The monoisotopic (exact) mass is 363 g/mol. The Labute approximate surface area is 155 Å². The summed E-state index contributed by atoms with van der Waals surface area (Å²) in [6.07, 6.45) is 0. The normalized spacial score (nSPS) is 12.2. The molecule has 1 unspecified atom stereocenters. The van der Waals surface area contributed by atoms with Gasteiger partial charge in [-0.3, -0.25) is 4.57 Å². The van der Waals surface area contributed by atoms with Crippen molar-refractivity contribution in [3.8, 4) is 17.1 Å². The summed E-state index contributed by atoms with van der Waals surface area (Å²) < 4.78 is 7.35. The molecule has 0 aliphatic carbocycles. The van der Waals surface area contributed by atoms with Crippen LogP contribution in [0.15, 0.2) is 70.3 Å². The lowest BCUT2D eigenvalue weighted by atomic mass is 10.2. The summed E-state index contributed by atoms with van der Waals surface area (Å²) in [6.45, 7) is 3.83. The van der Waals surface area contributed by atoms with Crippen LogP contribution in [0.3, 0.4) is 0 Å². The van der Waals surface area contributed by atoms with Gasteiger partial charge in [0, 0.05) is 11.3 Å². The Morgan fingerprint density at radius 3 is 2.31 bits per heavy atom. The summed E-state index contributed by atoms with van der Waals surface area (Å²) in [5.41, 5.74) is 2.02. The van der Waals surface area contributed by atoms with Crippen LogP contribution in [0.25, 0.3) is 17.1 Å². The zero-order valence-corrected chi connectivity index (χ0v) is 15.2. The lowest BCUT2D eigenvalue weighted by molar-refractivity contribution is 0.376. The Balaban J connectivity index is 1.76. The van der Waals surface area contributed by atoms with Crippen molar-refractivity contribution >= 4 is 11.8 Å². The second-order valence-electron chi connectivity index (χ2n) is 5.78. The molecule has 4 aromatic rings. The highest BCUT2D eigenvalue weighted by atomic mass is 32.2. The Kier molecular flexibility index (Phi) is 4.53. The molecule has 7 heteroatoms. The third kappa shape index (κ3) is 3.25. The van der Waals surface area contributed by atoms with Gasteiger partial charge in [-0.1, -0.05) is 65.4 Å². The molecule has 0 amide bonds. The van der Waals surface area contributed by atoms with Crippen molar-refractivity contribution in [3.05, 3.63) is 72.4 Å². The standard InChI is InChI=1S/C19H17N5OS/c1-13(18-20-14(2)23-25-18)26-19-22-21-17(15-9-5-3-6-10-15)24(19)16-11-7-4-8-12-16/h3-13H,1-2H3. The predicted octanol–water partition coefficient (Wildman–Crippen LogP) is 4.48. The Hall–Kier alpha value is -2.93. The number of nitrogens with zero attached hydrogens (tertiary/aromatic N) is 5. The molecule has 6 nitrogen and oxygen atoms in total. The molecule has 0 saturated carbocycles. The molecule has 2 aromatic carbocycles. The van der Waals surface area contributed by atoms with Crippen LogP contribution < -0.4 is 0 Å². The number of rotatable bonds is 5. The fourth-order valence-electron chi connectivity index (χ4n) is 2.62. The van der Waals surface area contributed by atoms with E-state index in [9.17, 15) is 0 Å². The Morgan fingerprint density at radius 2 is 1.65 bits per heavy atom. The SMILES string of the molecule is Cc1noc(C(C)Sc2nnc(-c3ccccc3)n2-c2ccccc2)n1. The average molecular weight is 363 g/mol.